The highest BCUT2D eigenvalue weighted by Crippen LogP contribution is 2.37. The fourth-order valence-corrected chi connectivity index (χ4v) is 2.57. The largest absolute Gasteiger partial charge is 0.455 e. The standard InChI is InChI=1S/C16H26O3Si/c1-13(17)19-15(14-10-8-7-9-11-14)12-18-20(5,6)16(2,3)4/h7-11,15H,12H2,1-6H3/t15-/m1/s1. The maximum Gasteiger partial charge on any atom is 0.303 e. The van der Waals surface area contributed by atoms with Crippen LogP contribution in [0.1, 0.15) is 39.4 Å². The van der Waals surface area contributed by atoms with Crippen molar-refractivity contribution >= 4 is 14.3 Å². The van der Waals surface area contributed by atoms with E-state index in [1.807, 2.05) is 30.3 Å². The van der Waals surface area contributed by atoms with Gasteiger partial charge in [0.2, 0.25) is 0 Å². The van der Waals surface area contributed by atoms with E-state index in [4.69, 9.17) is 9.16 Å². The first kappa shape index (κ1) is 16.9. The number of hydrogen-bond acceptors (Lipinski definition) is 3. The molecule has 0 fully saturated rings. The molecule has 20 heavy (non-hydrogen) atoms. The van der Waals surface area contributed by atoms with Gasteiger partial charge in [-0.3, -0.25) is 4.79 Å². The van der Waals surface area contributed by atoms with Crippen LogP contribution in [0.25, 0.3) is 0 Å². The Morgan fingerprint density at radius 2 is 1.75 bits per heavy atom. The normalized spacial score (nSPS) is 13.9. The van der Waals surface area contributed by atoms with Crippen LogP contribution in [0.5, 0.6) is 0 Å². The lowest BCUT2D eigenvalue weighted by molar-refractivity contribution is -0.148. The van der Waals surface area contributed by atoms with Crippen molar-refractivity contribution in [2.24, 2.45) is 0 Å². The van der Waals surface area contributed by atoms with E-state index in [1.54, 1.807) is 0 Å². The summed E-state index contributed by atoms with van der Waals surface area (Å²) in [5.74, 6) is -0.280. The lowest BCUT2D eigenvalue weighted by Crippen LogP contribution is -2.42. The summed E-state index contributed by atoms with van der Waals surface area (Å²) in [7, 11) is -1.84. The van der Waals surface area contributed by atoms with Crippen LogP contribution in [0.4, 0.5) is 0 Å². The molecule has 0 aromatic heterocycles. The molecular formula is C16H26O3Si. The molecule has 1 rings (SSSR count). The van der Waals surface area contributed by atoms with Crippen LogP contribution >= 0.6 is 0 Å². The van der Waals surface area contributed by atoms with Gasteiger partial charge in [0.15, 0.2) is 8.32 Å². The Bertz CT molecular complexity index is 435. The molecule has 1 atom stereocenters. The van der Waals surface area contributed by atoms with Crippen LogP contribution in [0, 0.1) is 0 Å². The Balaban J connectivity index is 2.80. The molecule has 1 aromatic rings. The lowest BCUT2D eigenvalue weighted by atomic mass is 10.1. The zero-order valence-electron chi connectivity index (χ0n) is 13.4. The Morgan fingerprint density at radius 3 is 2.20 bits per heavy atom. The SMILES string of the molecule is CC(=O)O[C@H](CO[Si](C)(C)C(C)(C)C)c1ccccc1. The third kappa shape index (κ3) is 4.76. The number of carbonyl (C=O) groups excluding carboxylic acids is 1. The van der Waals surface area contributed by atoms with Crippen LogP contribution in [0.15, 0.2) is 30.3 Å². The smallest absolute Gasteiger partial charge is 0.303 e. The number of rotatable bonds is 5. The molecule has 0 radical (unpaired) electrons. The van der Waals surface area contributed by atoms with E-state index in [2.05, 4.69) is 33.9 Å². The second kappa shape index (κ2) is 6.55. The molecule has 0 heterocycles. The van der Waals surface area contributed by atoms with Gasteiger partial charge in [-0.2, -0.15) is 0 Å². The predicted molar refractivity (Wildman–Crippen MR) is 84.1 cm³/mol. The van der Waals surface area contributed by atoms with Gasteiger partial charge in [0.1, 0.15) is 6.10 Å². The number of ether oxygens (including phenoxy) is 1. The van der Waals surface area contributed by atoms with E-state index in [1.165, 1.54) is 6.92 Å². The minimum Gasteiger partial charge on any atom is -0.455 e. The third-order valence-corrected chi connectivity index (χ3v) is 8.38. The quantitative estimate of drug-likeness (QED) is 0.599. The first-order valence-electron chi connectivity index (χ1n) is 6.99. The molecule has 0 bridgehead atoms. The van der Waals surface area contributed by atoms with E-state index in [-0.39, 0.29) is 17.1 Å². The fourth-order valence-electron chi connectivity index (χ4n) is 1.57. The molecule has 0 unspecified atom stereocenters. The molecule has 0 saturated carbocycles. The van der Waals surface area contributed by atoms with Crippen LogP contribution < -0.4 is 0 Å². The van der Waals surface area contributed by atoms with Gasteiger partial charge in [0.05, 0.1) is 6.61 Å². The van der Waals surface area contributed by atoms with Crippen LogP contribution in [-0.2, 0) is 14.0 Å². The number of esters is 1. The van der Waals surface area contributed by atoms with Gasteiger partial charge >= 0.3 is 5.97 Å². The number of benzene rings is 1. The van der Waals surface area contributed by atoms with E-state index in [9.17, 15) is 4.79 Å². The number of carbonyl (C=O) groups is 1. The molecule has 0 saturated heterocycles. The van der Waals surface area contributed by atoms with Crippen LogP contribution in [0.3, 0.4) is 0 Å². The maximum absolute atomic E-state index is 11.3. The predicted octanol–water partition coefficient (Wildman–Crippen LogP) is 4.31. The molecule has 0 aliphatic carbocycles. The molecule has 0 aliphatic rings. The molecule has 0 spiro atoms. The summed E-state index contributed by atoms with van der Waals surface area (Å²) >= 11 is 0. The van der Waals surface area contributed by atoms with Crippen molar-refractivity contribution in [3.8, 4) is 0 Å². The molecule has 0 aliphatic heterocycles. The van der Waals surface area contributed by atoms with E-state index in [0.717, 1.165) is 5.56 Å². The molecular weight excluding hydrogens is 268 g/mol. The highest BCUT2D eigenvalue weighted by molar-refractivity contribution is 6.74. The minimum absolute atomic E-state index is 0.143. The summed E-state index contributed by atoms with van der Waals surface area (Å²) in [6.45, 7) is 12.8. The maximum atomic E-state index is 11.3. The Hall–Kier alpha value is -1.13. The van der Waals surface area contributed by atoms with Crippen LogP contribution in [0.2, 0.25) is 18.1 Å². The van der Waals surface area contributed by atoms with Gasteiger partial charge in [-0.25, -0.2) is 0 Å². The Labute approximate surface area is 123 Å². The zero-order chi connectivity index (χ0) is 15.4. The summed E-state index contributed by atoms with van der Waals surface area (Å²) in [6, 6.07) is 9.75. The van der Waals surface area contributed by atoms with E-state index >= 15 is 0 Å². The van der Waals surface area contributed by atoms with Gasteiger partial charge < -0.3 is 9.16 Å². The van der Waals surface area contributed by atoms with Crippen molar-refractivity contribution in [3.63, 3.8) is 0 Å². The molecule has 3 nitrogen and oxygen atoms in total. The summed E-state index contributed by atoms with van der Waals surface area (Å²) in [5.41, 5.74) is 0.974. The third-order valence-electron chi connectivity index (χ3n) is 3.88. The monoisotopic (exact) mass is 294 g/mol. The molecule has 4 heteroatoms. The highest BCUT2D eigenvalue weighted by atomic mass is 28.4. The van der Waals surface area contributed by atoms with Crippen molar-refractivity contribution in [2.45, 2.75) is 51.9 Å². The first-order valence-corrected chi connectivity index (χ1v) is 9.90. The van der Waals surface area contributed by atoms with Gasteiger partial charge in [-0.05, 0) is 23.7 Å². The average molecular weight is 294 g/mol. The second-order valence-corrected chi connectivity index (χ2v) is 11.4. The van der Waals surface area contributed by atoms with Gasteiger partial charge in [-0.15, -0.1) is 0 Å². The second-order valence-electron chi connectivity index (χ2n) is 6.58. The summed E-state index contributed by atoms with van der Waals surface area (Å²) in [4.78, 5) is 11.3. The van der Waals surface area contributed by atoms with Crippen molar-refractivity contribution in [1.82, 2.24) is 0 Å². The van der Waals surface area contributed by atoms with Gasteiger partial charge in [0.25, 0.3) is 0 Å². The highest BCUT2D eigenvalue weighted by Gasteiger charge is 2.38. The fraction of sp³-hybridized carbons (Fsp3) is 0.562. The van der Waals surface area contributed by atoms with E-state index < -0.39 is 8.32 Å². The minimum atomic E-state index is -1.84. The molecule has 0 amide bonds. The lowest BCUT2D eigenvalue weighted by Gasteiger charge is -2.37. The van der Waals surface area contributed by atoms with Crippen LogP contribution in [-0.4, -0.2) is 20.9 Å². The summed E-state index contributed by atoms with van der Waals surface area (Å²) in [5, 5.41) is 0.143. The molecule has 0 N–H and O–H groups in total. The average Bonchev–Trinajstić information content (AvgIpc) is 2.33. The molecule has 1 aromatic carbocycles. The van der Waals surface area contributed by atoms with Gasteiger partial charge in [0, 0.05) is 6.92 Å². The summed E-state index contributed by atoms with van der Waals surface area (Å²) in [6.07, 6.45) is -0.331. The van der Waals surface area contributed by atoms with Crippen molar-refractivity contribution in [1.29, 1.82) is 0 Å². The van der Waals surface area contributed by atoms with Crippen molar-refractivity contribution in [3.05, 3.63) is 35.9 Å². The Morgan fingerprint density at radius 1 is 1.20 bits per heavy atom. The number of hydrogen-bond donors (Lipinski definition) is 0. The molecule has 112 valence electrons. The first-order chi connectivity index (χ1) is 9.13. The summed E-state index contributed by atoms with van der Waals surface area (Å²) < 4.78 is 11.6. The van der Waals surface area contributed by atoms with Crippen molar-refractivity contribution in [2.75, 3.05) is 6.61 Å². The van der Waals surface area contributed by atoms with Gasteiger partial charge in [-0.1, -0.05) is 51.1 Å². The van der Waals surface area contributed by atoms with E-state index in [0.29, 0.717) is 6.61 Å². The topological polar surface area (TPSA) is 35.5 Å². The Kier molecular flexibility index (Phi) is 5.54. The zero-order valence-corrected chi connectivity index (χ0v) is 14.4. The van der Waals surface area contributed by atoms with Crippen molar-refractivity contribution < 1.29 is 14.0 Å².